The van der Waals surface area contributed by atoms with E-state index in [1.807, 2.05) is 0 Å². The number of hydrogen-bond donors (Lipinski definition) is 2. The summed E-state index contributed by atoms with van der Waals surface area (Å²) >= 11 is 5.87. The van der Waals surface area contributed by atoms with Crippen molar-refractivity contribution in [2.24, 2.45) is 5.92 Å². The number of piperidine rings is 1. The van der Waals surface area contributed by atoms with Crippen molar-refractivity contribution in [1.82, 2.24) is 10.0 Å². The minimum absolute atomic E-state index is 0.0243. The predicted molar refractivity (Wildman–Crippen MR) is 88.2 cm³/mol. The van der Waals surface area contributed by atoms with Gasteiger partial charge in [-0.3, -0.25) is 0 Å². The van der Waals surface area contributed by atoms with E-state index >= 15 is 0 Å². The van der Waals surface area contributed by atoms with E-state index in [0.29, 0.717) is 12.5 Å². The average Bonchev–Trinajstić information content (AvgIpc) is 2.55. The SMILES string of the molecule is COC(=O)c1ccc(Cl)cc1S(=O)(=O)NCCC1CCCNC1. The lowest BCUT2D eigenvalue weighted by molar-refractivity contribution is 0.0596. The summed E-state index contributed by atoms with van der Waals surface area (Å²) in [7, 11) is -2.62. The summed E-state index contributed by atoms with van der Waals surface area (Å²) in [5.41, 5.74) is -0.0243. The predicted octanol–water partition coefficient (Wildman–Crippen LogP) is 1.79. The van der Waals surface area contributed by atoms with Gasteiger partial charge in [0.2, 0.25) is 10.0 Å². The zero-order valence-electron chi connectivity index (χ0n) is 13.0. The van der Waals surface area contributed by atoms with E-state index in [4.69, 9.17) is 11.6 Å². The number of nitrogens with one attached hydrogen (secondary N) is 2. The number of sulfonamides is 1. The van der Waals surface area contributed by atoms with Gasteiger partial charge in [-0.15, -0.1) is 0 Å². The molecule has 0 saturated carbocycles. The Hall–Kier alpha value is -1.15. The first-order chi connectivity index (χ1) is 10.9. The largest absolute Gasteiger partial charge is 0.465 e. The van der Waals surface area contributed by atoms with Crippen LogP contribution in [0.2, 0.25) is 5.02 Å². The third kappa shape index (κ3) is 4.91. The van der Waals surface area contributed by atoms with E-state index in [2.05, 4.69) is 14.8 Å². The van der Waals surface area contributed by atoms with Gasteiger partial charge in [0.15, 0.2) is 0 Å². The second-order valence-corrected chi connectivity index (χ2v) is 7.70. The summed E-state index contributed by atoms with van der Waals surface area (Å²) in [6, 6.07) is 4.08. The Labute approximate surface area is 141 Å². The van der Waals surface area contributed by atoms with Gasteiger partial charge in [0.05, 0.1) is 17.6 Å². The summed E-state index contributed by atoms with van der Waals surface area (Å²) in [6.07, 6.45) is 2.96. The highest BCUT2D eigenvalue weighted by molar-refractivity contribution is 7.89. The van der Waals surface area contributed by atoms with Crippen LogP contribution in [-0.2, 0) is 14.8 Å². The summed E-state index contributed by atoms with van der Waals surface area (Å²) in [5.74, 6) is -0.246. The molecule has 6 nitrogen and oxygen atoms in total. The Morgan fingerprint density at radius 3 is 2.91 bits per heavy atom. The number of carbonyl (C=O) groups is 1. The Kier molecular flexibility index (Phi) is 6.41. The van der Waals surface area contributed by atoms with Crippen LogP contribution in [0.15, 0.2) is 23.1 Å². The minimum atomic E-state index is -3.83. The van der Waals surface area contributed by atoms with E-state index < -0.39 is 16.0 Å². The van der Waals surface area contributed by atoms with Crippen molar-refractivity contribution in [1.29, 1.82) is 0 Å². The summed E-state index contributed by atoms with van der Waals surface area (Å²) < 4.78 is 32.1. The van der Waals surface area contributed by atoms with Gasteiger partial charge < -0.3 is 10.1 Å². The number of hydrogen-bond acceptors (Lipinski definition) is 5. The maximum absolute atomic E-state index is 12.5. The maximum atomic E-state index is 12.5. The number of rotatable bonds is 6. The van der Waals surface area contributed by atoms with Crippen molar-refractivity contribution in [3.8, 4) is 0 Å². The summed E-state index contributed by atoms with van der Waals surface area (Å²) in [6.45, 7) is 2.25. The van der Waals surface area contributed by atoms with Crippen LogP contribution in [0.4, 0.5) is 0 Å². The first kappa shape index (κ1) is 18.2. The van der Waals surface area contributed by atoms with Crippen LogP contribution in [-0.4, -0.2) is 41.1 Å². The van der Waals surface area contributed by atoms with Gasteiger partial charge in [0, 0.05) is 11.6 Å². The lowest BCUT2D eigenvalue weighted by Crippen LogP contribution is -2.33. The Morgan fingerprint density at radius 2 is 2.26 bits per heavy atom. The van der Waals surface area contributed by atoms with Crippen LogP contribution in [0.5, 0.6) is 0 Å². The third-order valence-electron chi connectivity index (χ3n) is 3.88. The van der Waals surface area contributed by atoms with Gasteiger partial charge in [-0.2, -0.15) is 0 Å². The molecule has 0 aromatic heterocycles. The van der Waals surface area contributed by atoms with Crippen LogP contribution in [0, 0.1) is 5.92 Å². The van der Waals surface area contributed by atoms with Gasteiger partial charge in [-0.25, -0.2) is 17.9 Å². The minimum Gasteiger partial charge on any atom is -0.465 e. The van der Waals surface area contributed by atoms with Gasteiger partial charge in [-0.05, 0) is 56.5 Å². The molecule has 0 amide bonds. The molecule has 1 fully saturated rings. The Bertz CT molecular complexity index is 657. The van der Waals surface area contributed by atoms with Crippen LogP contribution in [0.3, 0.4) is 0 Å². The molecule has 1 aliphatic heterocycles. The molecule has 0 aliphatic carbocycles. The number of ether oxygens (including phenoxy) is 1. The van der Waals surface area contributed by atoms with Crippen molar-refractivity contribution < 1.29 is 17.9 Å². The molecule has 1 aromatic carbocycles. The quantitative estimate of drug-likeness (QED) is 0.755. The topological polar surface area (TPSA) is 84.5 Å². The van der Waals surface area contributed by atoms with Crippen molar-refractivity contribution in [3.63, 3.8) is 0 Å². The normalized spacial score (nSPS) is 18.6. The fraction of sp³-hybridized carbons (Fsp3) is 0.533. The molecule has 0 bridgehead atoms. The number of carbonyl (C=O) groups excluding carboxylic acids is 1. The molecule has 1 aromatic rings. The molecule has 1 unspecified atom stereocenters. The van der Waals surface area contributed by atoms with Crippen molar-refractivity contribution in [3.05, 3.63) is 28.8 Å². The monoisotopic (exact) mass is 360 g/mol. The molecule has 1 aliphatic rings. The van der Waals surface area contributed by atoms with Crippen LogP contribution < -0.4 is 10.0 Å². The fourth-order valence-electron chi connectivity index (χ4n) is 2.64. The first-order valence-electron chi connectivity index (χ1n) is 7.52. The fourth-order valence-corrected chi connectivity index (χ4v) is 4.14. The second-order valence-electron chi connectivity index (χ2n) is 5.53. The first-order valence-corrected chi connectivity index (χ1v) is 9.38. The molecule has 0 spiro atoms. The van der Waals surface area contributed by atoms with Gasteiger partial charge in [0.1, 0.15) is 0 Å². The smallest absolute Gasteiger partial charge is 0.339 e. The van der Waals surface area contributed by atoms with E-state index in [1.54, 1.807) is 0 Å². The number of halogens is 1. The molecule has 2 N–H and O–H groups in total. The molecule has 128 valence electrons. The van der Waals surface area contributed by atoms with E-state index in [-0.39, 0.29) is 15.5 Å². The lowest BCUT2D eigenvalue weighted by Gasteiger charge is -2.22. The van der Waals surface area contributed by atoms with Crippen molar-refractivity contribution >= 4 is 27.6 Å². The van der Waals surface area contributed by atoms with Crippen LogP contribution in [0.1, 0.15) is 29.6 Å². The zero-order chi connectivity index (χ0) is 16.9. The Balaban J connectivity index is 2.09. The van der Waals surface area contributed by atoms with Gasteiger partial charge in [0.25, 0.3) is 0 Å². The molecule has 1 saturated heterocycles. The highest BCUT2D eigenvalue weighted by Gasteiger charge is 2.24. The molecular weight excluding hydrogens is 340 g/mol. The van der Waals surface area contributed by atoms with Gasteiger partial charge >= 0.3 is 5.97 Å². The highest BCUT2D eigenvalue weighted by Crippen LogP contribution is 2.22. The summed E-state index contributed by atoms with van der Waals surface area (Å²) in [4.78, 5) is 11.6. The van der Waals surface area contributed by atoms with Crippen molar-refractivity contribution in [2.75, 3.05) is 26.7 Å². The van der Waals surface area contributed by atoms with E-state index in [0.717, 1.165) is 32.4 Å². The zero-order valence-corrected chi connectivity index (χ0v) is 14.5. The number of esters is 1. The van der Waals surface area contributed by atoms with Gasteiger partial charge in [-0.1, -0.05) is 11.6 Å². The third-order valence-corrected chi connectivity index (χ3v) is 5.62. The highest BCUT2D eigenvalue weighted by atomic mass is 35.5. The van der Waals surface area contributed by atoms with E-state index in [1.165, 1.54) is 25.3 Å². The summed E-state index contributed by atoms with van der Waals surface area (Å²) in [5, 5.41) is 3.54. The Morgan fingerprint density at radius 1 is 1.48 bits per heavy atom. The molecule has 8 heteroatoms. The lowest BCUT2D eigenvalue weighted by atomic mass is 9.96. The molecule has 1 heterocycles. The van der Waals surface area contributed by atoms with E-state index in [9.17, 15) is 13.2 Å². The molecule has 1 atom stereocenters. The molecule has 0 radical (unpaired) electrons. The molecule has 23 heavy (non-hydrogen) atoms. The standard InChI is InChI=1S/C15H21ClN2O4S/c1-22-15(19)13-5-4-12(16)9-14(13)23(20,21)18-8-6-11-3-2-7-17-10-11/h4-5,9,11,17-18H,2-3,6-8,10H2,1H3. The average molecular weight is 361 g/mol. The van der Waals surface area contributed by atoms with Crippen LogP contribution in [0.25, 0.3) is 0 Å². The van der Waals surface area contributed by atoms with Crippen LogP contribution >= 0.6 is 11.6 Å². The number of benzene rings is 1. The number of methoxy groups -OCH3 is 1. The molecule has 2 rings (SSSR count). The second kappa shape index (κ2) is 8.10. The molecular formula is C15H21ClN2O4S. The van der Waals surface area contributed by atoms with Crippen molar-refractivity contribution in [2.45, 2.75) is 24.2 Å². The maximum Gasteiger partial charge on any atom is 0.339 e.